The van der Waals surface area contributed by atoms with Gasteiger partial charge in [0.2, 0.25) is 11.8 Å². The molecule has 1 aliphatic rings. The van der Waals surface area contributed by atoms with Gasteiger partial charge in [0.1, 0.15) is 0 Å². The molecule has 31 heavy (non-hydrogen) atoms. The number of carbonyl (C=O) groups excluding carboxylic acids is 2. The van der Waals surface area contributed by atoms with Crippen molar-refractivity contribution in [3.8, 4) is 0 Å². The number of hydrogen-bond acceptors (Lipinski definition) is 3. The van der Waals surface area contributed by atoms with Gasteiger partial charge in [0.15, 0.2) is 0 Å². The minimum Gasteiger partial charge on any atom is -0.369 e. The zero-order valence-corrected chi connectivity index (χ0v) is 20.0. The van der Waals surface area contributed by atoms with Crippen LogP contribution >= 0.6 is 24.2 Å². The zero-order valence-electron chi connectivity index (χ0n) is 18.3. The van der Waals surface area contributed by atoms with Gasteiger partial charge in [-0.15, -0.1) is 12.4 Å². The molecule has 0 saturated carbocycles. The Morgan fingerprint density at radius 3 is 2.13 bits per heavy atom. The maximum absolute atomic E-state index is 13.4. The van der Waals surface area contributed by atoms with E-state index in [2.05, 4.69) is 36.4 Å². The molecule has 0 aromatic heterocycles. The normalized spacial score (nSPS) is 15.7. The van der Waals surface area contributed by atoms with Crippen molar-refractivity contribution in [3.63, 3.8) is 0 Å². The van der Waals surface area contributed by atoms with Crippen LogP contribution in [0.1, 0.15) is 43.7 Å². The molecule has 2 aromatic rings. The lowest BCUT2D eigenvalue weighted by Crippen LogP contribution is -2.50. The molecule has 4 nitrogen and oxygen atoms in total. The highest BCUT2D eigenvalue weighted by Gasteiger charge is 2.42. The molecule has 2 N–H and O–H groups in total. The van der Waals surface area contributed by atoms with Gasteiger partial charge in [-0.1, -0.05) is 74.5 Å². The molecule has 0 aliphatic carbocycles. The Kier molecular flexibility index (Phi) is 9.45. The van der Waals surface area contributed by atoms with Crippen LogP contribution in [-0.2, 0) is 15.3 Å². The van der Waals surface area contributed by atoms with Crippen molar-refractivity contribution in [2.24, 2.45) is 17.1 Å². The molecule has 1 aliphatic heterocycles. The molecule has 1 saturated heterocycles. The lowest BCUT2D eigenvalue weighted by Gasteiger charge is -2.38. The number of benzene rings is 2. The van der Waals surface area contributed by atoms with E-state index in [1.54, 1.807) is 25.6 Å². The number of primary amides is 1. The Labute approximate surface area is 196 Å². The third-order valence-electron chi connectivity index (χ3n) is 6.28. The van der Waals surface area contributed by atoms with Gasteiger partial charge in [-0.3, -0.25) is 9.59 Å². The van der Waals surface area contributed by atoms with Gasteiger partial charge < -0.3 is 10.6 Å². The summed E-state index contributed by atoms with van der Waals surface area (Å²) >= 11 is 1.69. The first-order valence-electron chi connectivity index (χ1n) is 10.6. The summed E-state index contributed by atoms with van der Waals surface area (Å²) in [7, 11) is 0. The largest absolute Gasteiger partial charge is 0.369 e. The van der Waals surface area contributed by atoms with Crippen molar-refractivity contribution in [2.75, 3.05) is 18.8 Å². The number of likely N-dealkylation sites (tertiary alicyclic amines) is 1. The van der Waals surface area contributed by atoms with Crippen LogP contribution in [0, 0.1) is 11.3 Å². The predicted octanol–water partition coefficient (Wildman–Crippen LogP) is 4.88. The second kappa shape index (κ2) is 11.6. The summed E-state index contributed by atoms with van der Waals surface area (Å²) in [4.78, 5) is 27.5. The van der Waals surface area contributed by atoms with Crippen LogP contribution in [0.3, 0.4) is 0 Å². The highest BCUT2D eigenvalue weighted by Crippen LogP contribution is 2.34. The number of rotatable bonds is 8. The Morgan fingerprint density at radius 2 is 1.58 bits per heavy atom. The van der Waals surface area contributed by atoms with Crippen molar-refractivity contribution in [1.29, 1.82) is 0 Å². The number of halogens is 1. The van der Waals surface area contributed by atoms with Crippen LogP contribution in [-0.4, -0.2) is 35.6 Å². The molecule has 1 atom stereocenters. The molecular weight excluding hydrogens is 428 g/mol. The second-order valence-corrected chi connectivity index (χ2v) is 9.68. The summed E-state index contributed by atoms with van der Waals surface area (Å²) < 4.78 is 0. The highest BCUT2D eigenvalue weighted by atomic mass is 35.5. The van der Waals surface area contributed by atoms with Gasteiger partial charge in [0.25, 0.3) is 0 Å². The van der Waals surface area contributed by atoms with Gasteiger partial charge >= 0.3 is 0 Å². The lowest BCUT2D eigenvalue weighted by molar-refractivity contribution is -0.145. The van der Waals surface area contributed by atoms with Gasteiger partial charge in [-0.2, -0.15) is 11.8 Å². The molecular formula is C25H33ClN2O2S. The van der Waals surface area contributed by atoms with Crippen LogP contribution < -0.4 is 5.73 Å². The number of nitrogens with zero attached hydrogens (tertiary/aromatic N) is 1. The topological polar surface area (TPSA) is 63.4 Å². The van der Waals surface area contributed by atoms with Gasteiger partial charge in [-0.05, 0) is 29.9 Å². The number of thioether (sulfide) groups is 1. The number of hydrogen-bond donors (Lipinski definition) is 1. The summed E-state index contributed by atoms with van der Waals surface area (Å²) in [6.45, 7) is 5.07. The molecule has 0 bridgehead atoms. The van der Waals surface area contributed by atoms with E-state index in [9.17, 15) is 9.59 Å². The molecule has 1 fully saturated rings. The third-order valence-corrected chi connectivity index (χ3v) is 7.38. The average Bonchev–Trinajstić information content (AvgIpc) is 2.77. The average molecular weight is 461 g/mol. The van der Waals surface area contributed by atoms with E-state index in [-0.39, 0.29) is 18.3 Å². The molecule has 2 aromatic carbocycles. The summed E-state index contributed by atoms with van der Waals surface area (Å²) in [6, 6.07) is 20.7. The molecule has 168 valence electrons. The number of amides is 2. The molecule has 0 spiro atoms. The SMILES string of the molecule is CC(C)(C(N)=O)C(CSCc1ccccc1)C(=O)N1CCC(c2ccccc2)CC1.Cl. The second-order valence-electron chi connectivity index (χ2n) is 8.65. The summed E-state index contributed by atoms with van der Waals surface area (Å²) in [5.74, 6) is 1.12. The maximum Gasteiger partial charge on any atom is 0.227 e. The monoisotopic (exact) mass is 460 g/mol. The number of carbonyl (C=O) groups is 2. The fourth-order valence-electron chi connectivity index (χ4n) is 4.01. The van der Waals surface area contributed by atoms with Crippen LogP contribution in [0.25, 0.3) is 0 Å². The van der Waals surface area contributed by atoms with Crippen LogP contribution in [0.4, 0.5) is 0 Å². The van der Waals surface area contributed by atoms with Crippen molar-refractivity contribution in [3.05, 3.63) is 71.8 Å². The van der Waals surface area contributed by atoms with Crippen molar-refractivity contribution >= 4 is 36.0 Å². The fraction of sp³-hybridized carbons (Fsp3) is 0.440. The molecule has 0 radical (unpaired) electrons. The fourth-order valence-corrected chi connectivity index (χ4v) is 5.35. The van der Waals surface area contributed by atoms with E-state index >= 15 is 0 Å². The minimum absolute atomic E-state index is 0. The summed E-state index contributed by atoms with van der Waals surface area (Å²) in [5, 5.41) is 0. The molecule has 1 heterocycles. The smallest absolute Gasteiger partial charge is 0.227 e. The van der Waals surface area contributed by atoms with Crippen molar-refractivity contribution < 1.29 is 9.59 Å². The summed E-state index contributed by atoms with van der Waals surface area (Å²) in [6.07, 6.45) is 1.91. The van der Waals surface area contributed by atoms with E-state index in [1.165, 1.54) is 11.1 Å². The Bertz CT molecular complexity index is 837. The molecule has 3 rings (SSSR count). The van der Waals surface area contributed by atoms with E-state index in [4.69, 9.17) is 5.73 Å². The van der Waals surface area contributed by atoms with E-state index in [1.807, 2.05) is 29.2 Å². The van der Waals surface area contributed by atoms with Crippen LogP contribution in [0.5, 0.6) is 0 Å². The first kappa shape index (κ1) is 25.3. The quantitative estimate of drug-likeness (QED) is 0.610. The van der Waals surface area contributed by atoms with E-state index in [0.29, 0.717) is 11.7 Å². The minimum atomic E-state index is -0.878. The van der Waals surface area contributed by atoms with Crippen LogP contribution in [0.2, 0.25) is 0 Å². The molecule has 1 unspecified atom stereocenters. The van der Waals surface area contributed by atoms with E-state index in [0.717, 1.165) is 31.7 Å². The predicted molar refractivity (Wildman–Crippen MR) is 131 cm³/mol. The molecule has 2 amide bonds. The van der Waals surface area contributed by atoms with E-state index < -0.39 is 17.2 Å². The van der Waals surface area contributed by atoms with Gasteiger partial charge in [0.05, 0.1) is 11.3 Å². The van der Waals surface area contributed by atoms with Gasteiger partial charge in [-0.25, -0.2) is 0 Å². The third kappa shape index (κ3) is 6.50. The zero-order chi connectivity index (χ0) is 21.6. The lowest BCUT2D eigenvalue weighted by atomic mass is 9.78. The van der Waals surface area contributed by atoms with Gasteiger partial charge in [0, 0.05) is 24.6 Å². The Balaban J connectivity index is 0.00000341. The number of piperidine rings is 1. The Morgan fingerprint density at radius 1 is 1.03 bits per heavy atom. The number of nitrogens with two attached hydrogens (primary N) is 1. The molecule has 6 heteroatoms. The van der Waals surface area contributed by atoms with Crippen molar-refractivity contribution in [1.82, 2.24) is 4.90 Å². The first-order valence-corrected chi connectivity index (χ1v) is 11.8. The Hall–Kier alpha value is -1.98. The van der Waals surface area contributed by atoms with Crippen molar-refractivity contribution in [2.45, 2.75) is 38.4 Å². The standard InChI is InChI=1S/C25H32N2O2S.ClH/c1-25(2,24(26)29)22(18-30-17-19-9-5-3-6-10-19)23(28)27-15-13-21(14-16-27)20-11-7-4-8-12-20;/h3-12,21-22H,13-18H2,1-2H3,(H2,26,29);1H. The highest BCUT2D eigenvalue weighted by molar-refractivity contribution is 7.98. The maximum atomic E-state index is 13.4. The summed E-state index contributed by atoms with van der Waals surface area (Å²) in [5.41, 5.74) is 7.38. The van der Waals surface area contributed by atoms with Crippen LogP contribution in [0.15, 0.2) is 60.7 Å². The first-order chi connectivity index (χ1) is 14.4.